The predicted octanol–water partition coefficient (Wildman–Crippen LogP) is 3.79. The first-order valence-corrected chi connectivity index (χ1v) is 8.69. The van der Waals surface area contributed by atoms with Crippen molar-refractivity contribution in [1.82, 2.24) is 10.1 Å². The number of benzene rings is 1. The van der Waals surface area contributed by atoms with Crippen molar-refractivity contribution in [2.45, 2.75) is 20.0 Å². The van der Waals surface area contributed by atoms with Crippen LogP contribution in [0.2, 0.25) is 10.0 Å². The topological polar surface area (TPSA) is 81.6 Å². The van der Waals surface area contributed by atoms with Gasteiger partial charge in [-0.25, -0.2) is 0 Å². The smallest absolute Gasteiger partial charge is 0.276 e. The van der Waals surface area contributed by atoms with Gasteiger partial charge >= 0.3 is 0 Å². The fourth-order valence-electron chi connectivity index (χ4n) is 2.77. The molecular formula is C17H20Cl3N3O3. The quantitative estimate of drug-likeness (QED) is 0.796. The molecule has 0 bridgehead atoms. The summed E-state index contributed by atoms with van der Waals surface area (Å²) < 4.78 is 10.8. The Morgan fingerprint density at radius 1 is 1.42 bits per heavy atom. The molecule has 2 heterocycles. The van der Waals surface area contributed by atoms with Crippen molar-refractivity contribution in [2.24, 2.45) is 11.1 Å². The monoisotopic (exact) mass is 419 g/mol. The maximum Gasteiger partial charge on any atom is 0.276 e. The van der Waals surface area contributed by atoms with Crippen LogP contribution in [0, 0.1) is 5.41 Å². The minimum Gasteiger partial charge on any atom is -0.482 e. The third kappa shape index (κ3) is 4.43. The lowest BCUT2D eigenvalue weighted by atomic mass is 9.90. The van der Waals surface area contributed by atoms with E-state index < -0.39 is 0 Å². The van der Waals surface area contributed by atoms with Crippen LogP contribution in [0.1, 0.15) is 29.6 Å². The summed E-state index contributed by atoms with van der Waals surface area (Å²) in [7, 11) is 0. The maximum absolute atomic E-state index is 12.5. The lowest BCUT2D eigenvalue weighted by Gasteiger charge is -2.21. The average molecular weight is 421 g/mol. The van der Waals surface area contributed by atoms with E-state index in [9.17, 15) is 4.79 Å². The summed E-state index contributed by atoms with van der Waals surface area (Å²) in [6.45, 7) is 3.99. The summed E-state index contributed by atoms with van der Waals surface area (Å²) in [4.78, 5) is 14.3. The van der Waals surface area contributed by atoms with E-state index in [4.69, 9.17) is 38.2 Å². The largest absolute Gasteiger partial charge is 0.482 e. The van der Waals surface area contributed by atoms with Gasteiger partial charge in [-0.1, -0.05) is 41.3 Å². The van der Waals surface area contributed by atoms with Crippen LogP contribution in [0.3, 0.4) is 0 Å². The number of nitrogens with two attached hydrogens (primary N) is 1. The maximum atomic E-state index is 12.5. The number of carbonyl (C=O) groups is 1. The van der Waals surface area contributed by atoms with Gasteiger partial charge in [0.1, 0.15) is 6.61 Å². The first-order chi connectivity index (χ1) is 11.9. The molecule has 142 valence electrons. The standard InChI is InChI=1S/C17H19Cl2N3O3.ClH/c1-17(9-20)5-6-22(10-17)16(23)14-7-11(25-21-14)8-24-15-12(18)3-2-4-13(15)19;/h2-4,7H,5-6,8-10,20H2,1H3;1H. The van der Waals surface area contributed by atoms with E-state index in [2.05, 4.69) is 12.1 Å². The van der Waals surface area contributed by atoms with E-state index in [0.717, 1.165) is 6.42 Å². The third-order valence-electron chi connectivity index (χ3n) is 4.39. The van der Waals surface area contributed by atoms with Crippen LogP contribution >= 0.6 is 35.6 Å². The zero-order valence-electron chi connectivity index (χ0n) is 14.2. The molecule has 0 saturated carbocycles. The van der Waals surface area contributed by atoms with E-state index in [1.807, 2.05) is 0 Å². The number of nitrogens with zero attached hydrogens (tertiary/aromatic N) is 2. The average Bonchev–Trinajstić information content (AvgIpc) is 3.21. The molecule has 2 N–H and O–H groups in total. The summed E-state index contributed by atoms with van der Waals surface area (Å²) in [6, 6.07) is 6.67. The van der Waals surface area contributed by atoms with Gasteiger partial charge in [0, 0.05) is 19.2 Å². The molecule has 6 nitrogen and oxygen atoms in total. The van der Waals surface area contributed by atoms with Gasteiger partial charge in [0.2, 0.25) is 0 Å². The number of halogens is 3. The Morgan fingerprint density at radius 3 is 2.73 bits per heavy atom. The first kappa shape index (κ1) is 20.8. The highest BCUT2D eigenvalue weighted by molar-refractivity contribution is 6.37. The lowest BCUT2D eigenvalue weighted by Crippen LogP contribution is -2.34. The zero-order chi connectivity index (χ0) is 18.0. The Labute approximate surface area is 168 Å². The lowest BCUT2D eigenvalue weighted by molar-refractivity contribution is 0.0766. The highest BCUT2D eigenvalue weighted by Crippen LogP contribution is 2.33. The van der Waals surface area contributed by atoms with Crippen molar-refractivity contribution in [3.63, 3.8) is 0 Å². The Hall–Kier alpha value is -1.47. The Balaban J connectivity index is 0.00000243. The van der Waals surface area contributed by atoms with Crippen LogP contribution in [0.15, 0.2) is 28.8 Å². The van der Waals surface area contributed by atoms with Crippen LogP contribution in [0.5, 0.6) is 5.75 Å². The molecule has 1 aliphatic rings. The second-order valence-electron chi connectivity index (χ2n) is 6.51. The molecule has 0 spiro atoms. The van der Waals surface area contributed by atoms with Gasteiger partial charge in [0.15, 0.2) is 17.2 Å². The number of ether oxygens (including phenoxy) is 1. The first-order valence-electron chi connectivity index (χ1n) is 7.94. The second kappa shape index (κ2) is 8.48. The molecule has 9 heteroatoms. The van der Waals surface area contributed by atoms with E-state index in [0.29, 0.717) is 41.2 Å². The van der Waals surface area contributed by atoms with Gasteiger partial charge < -0.3 is 19.9 Å². The van der Waals surface area contributed by atoms with Gasteiger partial charge in [0.25, 0.3) is 5.91 Å². The minimum absolute atomic E-state index is 0. The molecule has 3 rings (SSSR count). The van der Waals surface area contributed by atoms with Crippen molar-refractivity contribution in [1.29, 1.82) is 0 Å². The molecule has 1 atom stereocenters. The number of para-hydroxylation sites is 1. The van der Waals surface area contributed by atoms with Crippen molar-refractivity contribution in [3.05, 3.63) is 45.8 Å². The summed E-state index contributed by atoms with van der Waals surface area (Å²) in [5, 5.41) is 4.66. The van der Waals surface area contributed by atoms with Crippen molar-refractivity contribution in [2.75, 3.05) is 19.6 Å². The number of rotatable bonds is 5. The molecule has 1 amide bonds. The normalized spacial score (nSPS) is 19.3. The fourth-order valence-corrected chi connectivity index (χ4v) is 3.28. The van der Waals surface area contributed by atoms with Gasteiger partial charge in [-0.2, -0.15) is 0 Å². The molecule has 1 fully saturated rings. The number of carbonyl (C=O) groups excluding carboxylic acids is 1. The molecule has 1 aliphatic heterocycles. The summed E-state index contributed by atoms with van der Waals surface area (Å²) in [5.74, 6) is 0.622. The van der Waals surface area contributed by atoms with Gasteiger partial charge in [-0.3, -0.25) is 4.79 Å². The molecule has 1 unspecified atom stereocenters. The van der Waals surface area contributed by atoms with E-state index in [1.54, 1.807) is 29.2 Å². The molecular weight excluding hydrogens is 401 g/mol. The molecule has 1 aromatic heterocycles. The molecule has 0 aliphatic carbocycles. The van der Waals surface area contributed by atoms with Crippen LogP contribution in [0.25, 0.3) is 0 Å². The number of hydrogen-bond donors (Lipinski definition) is 1. The van der Waals surface area contributed by atoms with E-state index in [-0.39, 0.29) is 36.0 Å². The number of hydrogen-bond acceptors (Lipinski definition) is 5. The van der Waals surface area contributed by atoms with E-state index in [1.165, 1.54) is 0 Å². The SMILES string of the molecule is CC1(CN)CCN(C(=O)c2cc(COc3c(Cl)cccc3Cl)on2)C1.Cl. The molecule has 1 aromatic carbocycles. The molecule has 26 heavy (non-hydrogen) atoms. The number of likely N-dealkylation sites (tertiary alicyclic amines) is 1. The highest BCUT2D eigenvalue weighted by atomic mass is 35.5. The molecule has 2 aromatic rings. The summed E-state index contributed by atoms with van der Waals surface area (Å²) in [6.07, 6.45) is 0.883. The fraction of sp³-hybridized carbons (Fsp3) is 0.412. The van der Waals surface area contributed by atoms with Crippen molar-refractivity contribution in [3.8, 4) is 5.75 Å². The second-order valence-corrected chi connectivity index (χ2v) is 7.32. The number of amides is 1. The summed E-state index contributed by atoms with van der Waals surface area (Å²) in [5.41, 5.74) is 6.00. The third-order valence-corrected chi connectivity index (χ3v) is 4.99. The van der Waals surface area contributed by atoms with Crippen molar-refractivity contribution >= 4 is 41.5 Å². The Kier molecular flexibility index (Phi) is 6.80. The van der Waals surface area contributed by atoms with Crippen LogP contribution in [-0.2, 0) is 6.61 Å². The predicted molar refractivity (Wildman–Crippen MR) is 102 cm³/mol. The number of aromatic nitrogens is 1. The van der Waals surface area contributed by atoms with Gasteiger partial charge in [-0.15, -0.1) is 12.4 Å². The zero-order valence-corrected chi connectivity index (χ0v) is 16.5. The minimum atomic E-state index is -0.164. The summed E-state index contributed by atoms with van der Waals surface area (Å²) >= 11 is 12.1. The van der Waals surface area contributed by atoms with Gasteiger partial charge in [0.05, 0.1) is 10.0 Å². The van der Waals surface area contributed by atoms with Gasteiger partial charge in [-0.05, 0) is 30.5 Å². The molecule has 1 saturated heterocycles. The van der Waals surface area contributed by atoms with E-state index >= 15 is 0 Å². The van der Waals surface area contributed by atoms with Crippen LogP contribution < -0.4 is 10.5 Å². The van der Waals surface area contributed by atoms with Crippen molar-refractivity contribution < 1.29 is 14.1 Å². The van der Waals surface area contributed by atoms with Crippen LogP contribution in [0.4, 0.5) is 0 Å². The highest BCUT2D eigenvalue weighted by Gasteiger charge is 2.36. The molecule has 0 radical (unpaired) electrons. The Morgan fingerprint density at radius 2 is 2.12 bits per heavy atom. The van der Waals surface area contributed by atoms with Crippen LogP contribution in [-0.4, -0.2) is 35.6 Å². The Bertz CT molecular complexity index is 763.